The number of halogens is 1. The third-order valence-electron chi connectivity index (χ3n) is 5.42. The minimum atomic E-state index is -0.808. The Balaban J connectivity index is 1.57. The number of carbonyl (C=O) groups is 1. The van der Waals surface area contributed by atoms with Gasteiger partial charge in [0.2, 0.25) is 5.78 Å². The van der Waals surface area contributed by atoms with Crippen LogP contribution in [0.1, 0.15) is 39.5 Å². The first-order valence-corrected chi connectivity index (χ1v) is 9.96. The third kappa shape index (κ3) is 3.19. The van der Waals surface area contributed by atoms with E-state index in [-0.39, 0.29) is 11.8 Å². The fourth-order valence-corrected chi connectivity index (χ4v) is 4.08. The highest BCUT2D eigenvalue weighted by atomic mass is 35.5. The third-order valence-corrected chi connectivity index (χ3v) is 5.65. The number of fused-ring (bicyclic) bond motifs is 3. The van der Waals surface area contributed by atoms with E-state index in [1.807, 2.05) is 73.7 Å². The summed E-state index contributed by atoms with van der Waals surface area (Å²) in [6.45, 7) is 2.00. The Morgan fingerprint density at radius 1 is 1.07 bits per heavy atom. The number of hydrazone groups is 1. The molecule has 2 atom stereocenters. The lowest BCUT2D eigenvalue weighted by molar-refractivity contribution is -0.00455. The van der Waals surface area contributed by atoms with E-state index in [1.54, 1.807) is 11.1 Å². The van der Waals surface area contributed by atoms with Crippen LogP contribution in [0.15, 0.2) is 77.9 Å². The minimum Gasteiger partial charge on any atom is -0.461 e. The number of Topliss-reactive ketones (excluding diaryl/α,β-unsaturated/α-hetero) is 1. The van der Waals surface area contributed by atoms with Crippen LogP contribution >= 0.6 is 11.6 Å². The van der Waals surface area contributed by atoms with Gasteiger partial charge in [-0.2, -0.15) is 5.10 Å². The lowest BCUT2D eigenvalue weighted by atomic mass is 9.95. The van der Waals surface area contributed by atoms with Gasteiger partial charge in [0.15, 0.2) is 0 Å². The zero-order valence-electron chi connectivity index (χ0n) is 15.9. The van der Waals surface area contributed by atoms with Crippen molar-refractivity contribution in [3.05, 3.63) is 100 Å². The van der Waals surface area contributed by atoms with Gasteiger partial charge in [0.1, 0.15) is 5.75 Å². The molecule has 2 aliphatic heterocycles. The van der Waals surface area contributed by atoms with Crippen molar-refractivity contribution in [1.82, 2.24) is 5.01 Å². The van der Waals surface area contributed by atoms with Gasteiger partial charge in [-0.3, -0.25) is 4.79 Å². The Labute approximate surface area is 174 Å². The van der Waals surface area contributed by atoms with Gasteiger partial charge in [-0.15, -0.1) is 0 Å². The Bertz CT molecular complexity index is 1110. The van der Waals surface area contributed by atoms with Crippen molar-refractivity contribution in [1.29, 1.82) is 0 Å². The topological polar surface area (TPSA) is 41.9 Å². The number of hydrogen-bond donors (Lipinski definition) is 0. The molecule has 5 rings (SSSR count). The van der Waals surface area contributed by atoms with E-state index >= 15 is 0 Å². The van der Waals surface area contributed by atoms with Crippen LogP contribution in [0.4, 0.5) is 0 Å². The average Bonchev–Trinajstić information content (AvgIpc) is 3.20. The smallest absolute Gasteiger partial charge is 0.251 e. The van der Waals surface area contributed by atoms with Crippen LogP contribution in [0.3, 0.4) is 0 Å². The van der Waals surface area contributed by atoms with E-state index in [1.165, 1.54) is 0 Å². The Morgan fingerprint density at radius 2 is 1.83 bits per heavy atom. The molecule has 0 radical (unpaired) electrons. The molecule has 5 heteroatoms. The molecule has 144 valence electrons. The molecule has 0 saturated heterocycles. The number of ether oxygens (including phenoxy) is 1. The molecule has 0 aliphatic carbocycles. The first-order chi connectivity index (χ1) is 14.1. The Morgan fingerprint density at radius 3 is 2.59 bits per heavy atom. The van der Waals surface area contributed by atoms with Gasteiger partial charge in [-0.1, -0.05) is 71.8 Å². The van der Waals surface area contributed by atoms with Crippen LogP contribution in [0.5, 0.6) is 5.75 Å². The van der Waals surface area contributed by atoms with Crippen molar-refractivity contribution in [2.75, 3.05) is 0 Å². The second-order valence-electron chi connectivity index (χ2n) is 7.40. The number of aryl methyl sites for hydroxylation is 1. The fourth-order valence-electron chi connectivity index (χ4n) is 3.90. The zero-order chi connectivity index (χ0) is 20.0. The van der Waals surface area contributed by atoms with Gasteiger partial charge in [-0.05, 0) is 30.7 Å². The van der Waals surface area contributed by atoms with Crippen molar-refractivity contribution >= 4 is 23.1 Å². The fraction of sp³-hybridized carbons (Fsp3) is 0.167. The van der Waals surface area contributed by atoms with Crippen LogP contribution in [0.25, 0.3) is 0 Å². The normalized spacial score (nSPS) is 19.8. The van der Waals surface area contributed by atoms with Crippen molar-refractivity contribution in [3.8, 4) is 5.75 Å². The summed E-state index contributed by atoms with van der Waals surface area (Å²) in [6, 6.07) is 23.0. The van der Waals surface area contributed by atoms with E-state index in [0.29, 0.717) is 22.8 Å². The Hall–Kier alpha value is -3.11. The van der Waals surface area contributed by atoms with Crippen LogP contribution < -0.4 is 4.74 Å². The largest absolute Gasteiger partial charge is 0.461 e. The second-order valence-corrected chi connectivity index (χ2v) is 7.83. The summed E-state index contributed by atoms with van der Waals surface area (Å²) in [5.74, 6) is 0.583. The lowest BCUT2D eigenvalue weighted by Crippen LogP contribution is -2.45. The van der Waals surface area contributed by atoms with E-state index < -0.39 is 6.23 Å². The summed E-state index contributed by atoms with van der Waals surface area (Å²) in [5.41, 5.74) is 4.66. The average molecular weight is 403 g/mol. The molecule has 29 heavy (non-hydrogen) atoms. The molecule has 0 unspecified atom stereocenters. The van der Waals surface area contributed by atoms with Gasteiger partial charge in [0.25, 0.3) is 6.23 Å². The van der Waals surface area contributed by atoms with Crippen LogP contribution in [-0.2, 0) is 0 Å². The first kappa shape index (κ1) is 18.0. The van der Waals surface area contributed by atoms with Crippen LogP contribution in [-0.4, -0.2) is 22.7 Å². The monoisotopic (exact) mass is 402 g/mol. The molecular formula is C24H19ClN2O2. The van der Waals surface area contributed by atoms with E-state index in [9.17, 15) is 4.79 Å². The summed E-state index contributed by atoms with van der Waals surface area (Å²) in [6.07, 6.45) is -0.115. The highest BCUT2D eigenvalue weighted by Crippen LogP contribution is 2.44. The number of benzene rings is 3. The van der Waals surface area contributed by atoms with Crippen LogP contribution in [0, 0.1) is 6.92 Å². The molecule has 0 fully saturated rings. The second kappa shape index (κ2) is 7.05. The van der Waals surface area contributed by atoms with Gasteiger partial charge in [-0.25, -0.2) is 5.01 Å². The predicted octanol–water partition coefficient (Wildman–Crippen LogP) is 5.40. The molecular weight excluding hydrogens is 384 g/mol. The molecule has 2 heterocycles. The zero-order valence-corrected chi connectivity index (χ0v) is 16.6. The van der Waals surface area contributed by atoms with Crippen molar-refractivity contribution in [2.24, 2.45) is 5.10 Å². The molecule has 3 aromatic carbocycles. The summed E-state index contributed by atoms with van der Waals surface area (Å²) in [7, 11) is 0. The molecule has 0 spiro atoms. The number of rotatable bonds is 3. The quantitative estimate of drug-likeness (QED) is 0.551. The van der Waals surface area contributed by atoms with Gasteiger partial charge >= 0.3 is 0 Å². The maximum absolute atomic E-state index is 13.3. The van der Waals surface area contributed by atoms with Gasteiger partial charge in [0.05, 0.1) is 11.8 Å². The maximum atomic E-state index is 13.3. The number of nitrogens with zero attached hydrogens (tertiary/aromatic N) is 2. The van der Waals surface area contributed by atoms with Gasteiger partial charge in [0, 0.05) is 22.6 Å². The standard InChI is InChI=1S/C24H19ClN2O2/c1-15-7-9-17(10-8-15)23(28)24-27-21(19-13-18(25)11-12-22(19)29-24)14-20(26-27)16-5-3-2-4-6-16/h2-13,21,24H,14H2,1H3/t21-,24-/m0/s1. The molecule has 4 nitrogen and oxygen atoms in total. The summed E-state index contributed by atoms with van der Waals surface area (Å²) < 4.78 is 6.14. The van der Waals surface area contributed by atoms with E-state index in [2.05, 4.69) is 0 Å². The van der Waals surface area contributed by atoms with Crippen molar-refractivity contribution in [2.45, 2.75) is 25.6 Å². The first-order valence-electron chi connectivity index (χ1n) is 9.58. The molecule has 0 N–H and O–H groups in total. The highest BCUT2D eigenvalue weighted by Gasteiger charge is 2.43. The van der Waals surface area contributed by atoms with Gasteiger partial charge < -0.3 is 4.74 Å². The summed E-state index contributed by atoms with van der Waals surface area (Å²) in [5, 5.41) is 7.25. The molecule has 3 aromatic rings. The highest BCUT2D eigenvalue weighted by molar-refractivity contribution is 6.30. The van der Waals surface area contributed by atoms with E-state index in [4.69, 9.17) is 21.4 Å². The SMILES string of the molecule is Cc1ccc(C(=O)[C@@H]2Oc3ccc(Cl)cc3[C@@H]3CC(c4ccccc4)=NN23)cc1. The molecule has 0 amide bonds. The Kier molecular flexibility index (Phi) is 4.36. The molecule has 0 bridgehead atoms. The number of ketones is 1. The predicted molar refractivity (Wildman–Crippen MR) is 114 cm³/mol. The van der Waals surface area contributed by atoms with E-state index in [0.717, 1.165) is 22.4 Å². The van der Waals surface area contributed by atoms with Crippen molar-refractivity contribution < 1.29 is 9.53 Å². The minimum absolute atomic E-state index is 0.0907. The van der Waals surface area contributed by atoms with Crippen LogP contribution in [0.2, 0.25) is 5.02 Å². The lowest BCUT2D eigenvalue weighted by Gasteiger charge is -2.37. The summed E-state index contributed by atoms with van der Waals surface area (Å²) >= 11 is 6.25. The molecule has 0 saturated carbocycles. The number of carbonyl (C=O) groups excluding carboxylic acids is 1. The number of hydrogen-bond acceptors (Lipinski definition) is 4. The van der Waals surface area contributed by atoms with Crippen molar-refractivity contribution in [3.63, 3.8) is 0 Å². The maximum Gasteiger partial charge on any atom is 0.251 e. The molecule has 2 aliphatic rings. The molecule has 0 aromatic heterocycles. The summed E-state index contributed by atoms with van der Waals surface area (Å²) in [4.78, 5) is 13.3.